The van der Waals surface area contributed by atoms with Gasteiger partial charge in [0, 0.05) is 25.8 Å². The molecule has 0 saturated carbocycles. The Morgan fingerprint density at radius 2 is 1.76 bits per heavy atom. The Morgan fingerprint density at radius 3 is 2.56 bits per heavy atom. The number of nitrogens with one attached hydrogen (secondary N) is 1. The molecule has 5 rings (SSSR count). The summed E-state index contributed by atoms with van der Waals surface area (Å²) < 4.78 is 2.46. The zero-order valence-corrected chi connectivity index (χ0v) is 18.9. The van der Waals surface area contributed by atoms with E-state index >= 15 is 0 Å². The maximum Gasteiger partial charge on any atom is 0.350 e. The third-order valence-electron chi connectivity index (χ3n) is 6.18. The van der Waals surface area contributed by atoms with Crippen LogP contribution in [0.2, 0.25) is 0 Å². The van der Waals surface area contributed by atoms with Gasteiger partial charge >= 0.3 is 5.69 Å². The van der Waals surface area contributed by atoms with E-state index in [2.05, 4.69) is 16.5 Å². The fourth-order valence-electron chi connectivity index (χ4n) is 4.18. The highest BCUT2D eigenvalue weighted by Crippen LogP contribution is 2.18. The van der Waals surface area contributed by atoms with Crippen LogP contribution in [0.15, 0.2) is 71.7 Å². The lowest BCUT2D eigenvalue weighted by molar-refractivity contribution is -0.133. The molecule has 2 aromatic carbocycles. The number of fused-ring (bicyclic) bond motifs is 2. The SMILES string of the molecule is Cc1ccc(CNC(=O)c2ccc3nn(CC(=O)N4CCc5ccccc5C4)c(=O)n3c2)cc1. The summed E-state index contributed by atoms with van der Waals surface area (Å²) in [6, 6.07) is 19.2. The smallest absolute Gasteiger partial charge is 0.348 e. The zero-order valence-electron chi connectivity index (χ0n) is 18.9. The molecule has 1 N–H and O–H groups in total. The van der Waals surface area contributed by atoms with E-state index in [9.17, 15) is 14.4 Å². The first kappa shape index (κ1) is 21.6. The number of pyridine rings is 1. The normalized spacial score (nSPS) is 13.0. The summed E-state index contributed by atoms with van der Waals surface area (Å²) in [5, 5.41) is 7.15. The van der Waals surface area contributed by atoms with Crippen LogP contribution in [-0.2, 0) is 30.8 Å². The van der Waals surface area contributed by atoms with Gasteiger partial charge < -0.3 is 10.2 Å². The highest BCUT2D eigenvalue weighted by Gasteiger charge is 2.22. The molecular formula is C26H25N5O3. The van der Waals surface area contributed by atoms with Crippen LogP contribution < -0.4 is 11.0 Å². The number of hydrogen-bond donors (Lipinski definition) is 1. The van der Waals surface area contributed by atoms with Crippen LogP contribution in [0.1, 0.15) is 32.6 Å². The van der Waals surface area contributed by atoms with Crippen molar-refractivity contribution in [3.63, 3.8) is 0 Å². The van der Waals surface area contributed by atoms with Crippen molar-refractivity contribution in [2.45, 2.75) is 33.0 Å². The molecule has 8 heteroatoms. The predicted molar refractivity (Wildman–Crippen MR) is 127 cm³/mol. The van der Waals surface area contributed by atoms with Gasteiger partial charge in [-0.1, -0.05) is 54.1 Å². The monoisotopic (exact) mass is 455 g/mol. The van der Waals surface area contributed by atoms with E-state index < -0.39 is 5.69 Å². The van der Waals surface area contributed by atoms with Crippen molar-refractivity contribution in [1.82, 2.24) is 24.4 Å². The van der Waals surface area contributed by atoms with Crippen molar-refractivity contribution in [2.24, 2.45) is 0 Å². The minimum Gasteiger partial charge on any atom is -0.348 e. The van der Waals surface area contributed by atoms with Crippen molar-refractivity contribution in [1.29, 1.82) is 0 Å². The minimum absolute atomic E-state index is 0.141. The maximum absolute atomic E-state index is 12.9. The molecule has 0 bridgehead atoms. The van der Waals surface area contributed by atoms with Crippen molar-refractivity contribution < 1.29 is 9.59 Å². The van der Waals surface area contributed by atoms with Crippen LogP contribution in [0.3, 0.4) is 0 Å². The summed E-state index contributed by atoms with van der Waals surface area (Å²) in [6.45, 7) is 3.40. The van der Waals surface area contributed by atoms with Gasteiger partial charge in [0.25, 0.3) is 5.91 Å². The Balaban J connectivity index is 1.29. The lowest BCUT2D eigenvalue weighted by Crippen LogP contribution is -2.39. The van der Waals surface area contributed by atoms with Gasteiger partial charge in [-0.25, -0.2) is 13.9 Å². The molecule has 0 aliphatic carbocycles. The fourth-order valence-corrected chi connectivity index (χ4v) is 4.18. The molecule has 1 aliphatic heterocycles. The maximum atomic E-state index is 12.9. The van der Waals surface area contributed by atoms with Crippen molar-refractivity contribution in [3.05, 3.63) is 105 Å². The number of nitrogens with zero attached hydrogens (tertiary/aromatic N) is 4. The number of benzene rings is 2. The number of aromatic nitrogens is 3. The molecule has 34 heavy (non-hydrogen) atoms. The van der Waals surface area contributed by atoms with Gasteiger partial charge in [-0.2, -0.15) is 0 Å². The molecule has 0 unspecified atom stereocenters. The number of aryl methyl sites for hydroxylation is 1. The number of hydrogen-bond acceptors (Lipinski definition) is 4. The van der Waals surface area contributed by atoms with Crippen molar-refractivity contribution in [2.75, 3.05) is 6.54 Å². The second-order valence-corrected chi connectivity index (χ2v) is 8.59. The van der Waals surface area contributed by atoms with Crippen LogP contribution in [0, 0.1) is 6.92 Å². The van der Waals surface area contributed by atoms with Gasteiger partial charge in [0.05, 0.1) is 5.56 Å². The lowest BCUT2D eigenvalue weighted by Gasteiger charge is -2.28. The fraction of sp³-hybridized carbons (Fsp3) is 0.231. The summed E-state index contributed by atoms with van der Waals surface area (Å²) in [6.07, 6.45) is 2.26. The molecule has 8 nitrogen and oxygen atoms in total. The topological polar surface area (TPSA) is 88.7 Å². The van der Waals surface area contributed by atoms with E-state index in [0.29, 0.717) is 30.8 Å². The Kier molecular flexibility index (Phi) is 5.71. The van der Waals surface area contributed by atoms with Gasteiger partial charge in [-0.3, -0.25) is 9.59 Å². The predicted octanol–water partition coefficient (Wildman–Crippen LogP) is 2.32. The number of carbonyl (C=O) groups is 2. The summed E-state index contributed by atoms with van der Waals surface area (Å²) in [7, 11) is 0. The average molecular weight is 456 g/mol. The van der Waals surface area contributed by atoms with Gasteiger partial charge in [-0.15, -0.1) is 5.10 Å². The average Bonchev–Trinajstić information content (AvgIpc) is 3.17. The first-order valence-corrected chi connectivity index (χ1v) is 11.3. The summed E-state index contributed by atoms with van der Waals surface area (Å²) in [4.78, 5) is 40.1. The molecule has 3 heterocycles. The zero-order chi connectivity index (χ0) is 23.7. The first-order chi connectivity index (χ1) is 16.5. The second kappa shape index (κ2) is 8.97. The Labute approximate surface area is 196 Å². The summed E-state index contributed by atoms with van der Waals surface area (Å²) >= 11 is 0. The highest BCUT2D eigenvalue weighted by atomic mass is 16.2. The van der Waals surface area contributed by atoms with Crippen LogP contribution >= 0.6 is 0 Å². The second-order valence-electron chi connectivity index (χ2n) is 8.59. The van der Waals surface area contributed by atoms with Crippen molar-refractivity contribution in [3.8, 4) is 0 Å². The third-order valence-corrected chi connectivity index (χ3v) is 6.18. The summed E-state index contributed by atoms with van der Waals surface area (Å²) in [5.74, 6) is -0.443. The van der Waals surface area contributed by atoms with E-state index in [4.69, 9.17) is 0 Å². The van der Waals surface area contributed by atoms with E-state index in [-0.39, 0.29) is 18.4 Å². The first-order valence-electron chi connectivity index (χ1n) is 11.3. The quantitative estimate of drug-likeness (QED) is 0.500. The Bertz CT molecular complexity index is 1440. The molecule has 0 radical (unpaired) electrons. The molecule has 2 aromatic heterocycles. The largest absolute Gasteiger partial charge is 0.350 e. The molecule has 0 atom stereocenters. The molecular weight excluding hydrogens is 430 g/mol. The Morgan fingerprint density at radius 1 is 1.00 bits per heavy atom. The molecule has 2 amide bonds. The third kappa shape index (κ3) is 4.34. The van der Waals surface area contributed by atoms with Gasteiger partial charge in [-0.05, 0) is 42.2 Å². The standard InChI is InChI=1S/C26H25N5O3/c1-18-6-8-19(9-7-18)14-27-25(33)22-10-11-23-28-31(26(34)30(23)16-22)17-24(32)29-13-12-20-4-2-3-5-21(20)15-29/h2-11,16H,12-15,17H2,1H3,(H,27,33). The molecule has 0 spiro atoms. The molecule has 1 aliphatic rings. The van der Waals surface area contributed by atoms with E-state index in [1.807, 2.05) is 49.4 Å². The number of rotatable bonds is 5. The van der Waals surface area contributed by atoms with Crippen LogP contribution in [0.5, 0.6) is 0 Å². The molecule has 172 valence electrons. The Hall–Kier alpha value is -4.20. The van der Waals surface area contributed by atoms with E-state index in [1.165, 1.54) is 16.2 Å². The van der Waals surface area contributed by atoms with Gasteiger partial charge in [0.2, 0.25) is 5.91 Å². The lowest BCUT2D eigenvalue weighted by atomic mass is 10.00. The van der Waals surface area contributed by atoms with Crippen molar-refractivity contribution >= 4 is 17.5 Å². The minimum atomic E-state index is -0.450. The number of carbonyl (C=O) groups excluding carboxylic acids is 2. The van der Waals surface area contributed by atoms with Crippen LogP contribution in [0.25, 0.3) is 5.65 Å². The molecule has 0 saturated heterocycles. The molecule has 0 fully saturated rings. The van der Waals surface area contributed by atoms with Crippen LogP contribution in [0.4, 0.5) is 0 Å². The van der Waals surface area contributed by atoms with E-state index in [0.717, 1.165) is 27.8 Å². The van der Waals surface area contributed by atoms with Gasteiger partial charge in [0.15, 0.2) is 5.65 Å². The van der Waals surface area contributed by atoms with Gasteiger partial charge in [0.1, 0.15) is 6.54 Å². The number of amides is 2. The van der Waals surface area contributed by atoms with E-state index in [1.54, 1.807) is 17.0 Å². The van der Waals surface area contributed by atoms with Crippen LogP contribution in [-0.4, -0.2) is 37.4 Å². The summed E-state index contributed by atoms with van der Waals surface area (Å²) in [5.41, 5.74) is 4.81. The highest BCUT2D eigenvalue weighted by molar-refractivity contribution is 5.94. The molecule has 4 aromatic rings.